The van der Waals surface area contributed by atoms with Gasteiger partial charge in [0.1, 0.15) is 5.75 Å². The molecule has 0 radical (unpaired) electrons. The molecular weight excluding hydrogens is 510 g/mol. The molecule has 8 rings (SSSR count). The van der Waals surface area contributed by atoms with Gasteiger partial charge in [-0.15, -0.1) is 0 Å². The van der Waals surface area contributed by atoms with Crippen LogP contribution in [0.15, 0.2) is 54.6 Å². The van der Waals surface area contributed by atoms with Gasteiger partial charge in [-0.3, -0.25) is 9.59 Å². The number of aromatic nitrogens is 1. The molecule has 3 aromatic rings. The molecule has 1 aromatic heterocycles. The van der Waals surface area contributed by atoms with Crippen LogP contribution in [-0.2, 0) is 4.79 Å². The Morgan fingerprint density at radius 1 is 0.780 bits per heavy atom. The molecule has 5 aliphatic rings. The average Bonchev–Trinajstić information content (AvgIpc) is 3.33. The SMILES string of the molecule is COc1ccc(-c2cc(C(=O)N3CCN(C(=O)C45CC6CC(CC(C6)C4)C5)CC3)c(C)n2-c2ccc(C)cc2)cc1. The van der Waals surface area contributed by atoms with Crippen molar-refractivity contribution in [3.63, 3.8) is 0 Å². The molecule has 0 unspecified atom stereocenters. The fourth-order valence-corrected chi connectivity index (χ4v) is 8.82. The lowest BCUT2D eigenvalue weighted by Crippen LogP contribution is -2.58. The van der Waals surface area contributed by atoms with Gasteiger partial charge in [-0.05, 0) is 118 Å². The predicted octanol–water partition coefficient (Wildman–Crippen LogP) is 6.27. The van der Waals surface area contributed by atoms with E-state index in [2.05, 4.69) is 40.7 Å². The normalized spacial score (nSPS) is 26.9. The van der Waals surface area contributed by atoms with Crippen LogP contribution in [0.5, 0.6) is 5.75 Å². The molecule has 41 heavy (non-hydrogen) atoms. The van der Waals surface area contributed by atoms with Crippen LogP contribution in [0, 0.1) is 37.0 Å². The monoisotopic (exact) mass is 551 g/mol. The molecule has 2 aromatic carbocycles. The molecule has 4 saturated carbocycles. The Morgan fingerprint density at radius 2 is 1.34 bits per heavy atom. The number of amides is 2. The molecule has 4 bridgehead atoms. The van der Waals surface area contributed by atoms with Crippen molar-refractivity contribution >= 4 is 11.8 Å². The minimum atomic E-state index is -0.115. The third-order valence-electron chi connectivity index (χ3n) is 10.5. The second kappa shape index (κ2) is 10.1. The topological polar surface area (TPSA) is 54.8 Å². The zero-order chi connectivity index (χ0) is 28.3. The van der Waals surface area contributed by atoms with Gasteiger partial charge < -0.3 is 19.1 Å². The number of nitrogens with zero attached hydrogens (tertiary/aromatic N) is 3. The maximum absolute atomic E-state index is 14.0. The lowest BCUT2D eigenvalue weighted by Gasteiger charge is -2.57. The molecule has 0 spiro atoms. The number of aryl methyl sites for hydroxylation is 1. The number of methoxy groups -OCH3 is 1. The van der Waals surface area contributed by atoms with E-state index in [0.717, 1.165) is 71.0 Å². The number of hydrogen-bond donors (Lipinski definition) is 0. The summed E-state index contributed by atoms with van der Waals surface area (Å²) in [4.78, 5) is 31.9. The largest absolute Gasteiger partial charge is 0.497 e. The molecule has 0 atom stereocenters. The number of carbonyl (C=O) groups is 2. The van der Waals surface area contributed by atoms with Crippen LogP contribution in [0.4, 0.5) is 0 Å². The summed E-state index contributed by atoms with van der Waals surface area (Å²) in [5, 5.41) is 0. The van der Waals surface area contributed by atoms with E-state index in [4.69, 9.17) is 4.74 Å². The Balaban J connectivity index is 1.12. The molecule has 0 N–H and O–H groups in total. The number of hydrogen-bond acceptors (Lipinski definition) is 3. The van der Waals surface area contributed by atoms with Gasteiger partial charge in [0.15, 0.2) is 0 Å². The lowest BCUT2D eigenvalue weighted by atomic mass is 9.49. The Bertz CT molecular complexity index is 1430. The third-order valence-corrected chi connectivity index (χ3v) is 10.5. The molecule has 6 nitrogen and oxygen atoms in total. The average molecular weight is 552 g/mol. The quantitative estimate of drug-likeness (QED) is 0.376. The summed E-state index contributed by atoms with van der Waals surface area (Å²) < 4.78 is 7.56. The van der Waals surface area contributed by atoms with Crippen LogP contribution in [0.25, 0.3) is 16.9 Å². The Morgan fingerprint density at radius 3 is 1.90 bits per heavy atom. The Labute approximate surface area is 243 Å². The first-order valence-electron chi connectivity index (χ1n) is 15.4. The Kier molecular flexibility index (Phi) is 6.48. The summed E-state index contributed by atoms with van der Waals surface area (Å²) in [5.74, 6) is 3.50. The van der Waals surface area contributed by atoms with E-state index >= 15 is 0 Å². The molecule has 1 saturated heterocycles. The molecule has 4 aliphatic carbocycles. The van der Waals surface area contributed by atoms with Crippen molar-refractivity contribution in [2.24, 2.45) is 23.2 Å². The highest BCUT2D eigenvalue weighted by atomic mass is 16.5. The summed E-state index contributed by atoms with van der Waals surface area (Å²) in [5.41, 5.74) is 5.77. The van der Waals surface area contributed by atoms with Crippen molar-refractivity contribution in [3.8, 4) is 22.7 Å². The highest BCUT2D eigenvalue weighted by molar-refractivity contribution is 5.97. The van der Waals surface area contributed by atoms with Crippen LogP contribution in [0.1, 0.15) is 60.1 Å². The molecule has 2 heterocycles. The van der Waals surface area contributed by atoms with Crippen LogP contribution in [0.2, 0.25) is 0 Å². The fraction of sp³-hybridized carbons (Fsp3) is 0.486. The maximum Gasteiger partial charge on any atom is 0.255 e. The molecule has 5 fully saturated rings. The Hall–Kier alpha value is -3.54. The molecule has 1 aliphatic heterocycles. The van der Waals surface area contributed by atoms with Gasteiger partial charge in [0, 0.05) is 37.6 Å². The summed E-state index contributed by atoms with van der Waals surface area (Å²) in [7, 11) is 1.67. The van der Waals surface area contributed by atoms with Crippen LogP contribution in [0.3, 0.4) is 0 Å². The van der Waals surface area contributed by atoms with E-state index in [9.17, 15) is 9.59 Å². The standard InChI is InChI=1S/C35H41N3O3/c1-23-4-8-29(9-5-23)38-24(2)31(19-32(38)28-6-10-30(41-3)11-7-28)33(39)36-12-14-37(15-13-36)34(40)35-20-25-16-26(21-35)18-27(17-25)22-35/h4-11,19,25-27H,12-18,20-22H2,1-3H3. The van der Waals surface area contributed by atoms with Crippen LogP contribution >= 0.6 is 0 Å². The minimum Gasteiger partial charge on any atom is -0.497 e. The van der Waals surface area contributed by atoms with Crippen LogP contribution < -0.4 is 4.74 Å². The highest BCUT2D eigenvalue weighted by Crippen LogP contribution is 2.60. The van der Waals surface area contributed by atoms with Crippen molar-refractivity contribution in [2.75, 3.05) is 33.3 Å². The van der Waals surface area contributed by atoms with Gasteiger partial charge in [0.05, 0.1) is 23.8 Å². The number of benzene rings is 2. The minimum absolute atomic E-state index is 0.0463. The van der Waals surface area contributed by atoms with E-state index in [1.807, 2.05) is 42.2 Å². The summed E-state index contributed by atoms with van der Waals surface area (Å²) >= 11 is 0. The van der Waals surface area contributed by atoms with E-state index in [0.29, 0.717) is 32.1 Å². The van der Waals surface area contributed by atoms with Crippen LogP contribution in [-0.4, -0.2) is 59.5 Å². The molecular formula is C35H41N3O3. The molecule has 214 valence electrons. The van der Waals surface area contributed by atoms with Gasteiger partial charge in [-0.25, -0.2) is 0 Å². The second-order valence-corrected chi connectivity index (χ2v) is 13.2. The highest BCUT2D eigenvalue weighted by Gasteiger charge is 2.55. The number of piperazine rings is 1. The third kappa shape index (κ3) is 4.56. The lowest BCUT2D eigenvalue weighted by molar-refractivity contribution is -0.159. The number of carbonyl (C=O) groups excluding carboxylic acids is 2. The summed E-state index contributed by atoms with van der Waals surface area (Å²) in [6, 6.07) is 18.5. The van der Waals surface area contributed by atoms with E-state index in [-0.39, 0.29) is 11.3 Å². The van der Waals surface area contributed by atoms with Gasteiger partial charge >= 0.3 is 0 Å². The van der Waals surface area contributed by atoms with Crippen molar-refractivity contribution in [1.82, 2.24) is 14.4 Å². The number of ether oxygens (including phenoxy) is 1. The van der Waals surface area contributed by atoms with Crippen molar-refractivity contribution in [3.05, 3.63) is 71.4 Å². The first-order chi connectivity index (χ1) is 19.8. The molecule has 2 amide bonds. The van der Waals surface area contributed by atoms with Gasteiger partial charge in [0.25, 0.3) is 5.91 Å². The van der Waals surface area contributed by atoms with E-state index < -0.39 is 0 Å². The maximum atomic E-state index is 14.0. The fourth-order valence-electron chi connectivity index (χ4n) is 8.82. The van der Waals surface area contributed by atoms with Crippen molar-refractivity contribution < 1.29 is 14.3 Å². The zero-order valence-corrected chi connectivity index (χ0v) is 24.6. The summed E-state index contributed by atoms with van der Waals surface area (Å²) in [6.45, 7) is 6.56. The number of rotatable bonds is 5. The van der Waals surface area contributed by atoms with Gasteiger partial charge in [0.2, 0.25) is 5.91 Å². The van der Waals surface area contributed by atoms with Crippen molar-refractivity contribution in [2.45, 2.75) is 52.4 Å². The zero-order valence-electron chi connectivity index (χ0n) is 24.6. The van der Waals surface area contributed by atoms with Gasteiger partial charge in [-0.1, -0.05) is 17.7 Å². The summed E-state index contributed by atoms with van der Waals surface area (Å²) in [6.07, 6.45) is 7.31. The molecule has 6 heteroatoms. The van der Waals surface area contributed by atoms with E-state index in [1.165, 1.54) is 24.8 Å². The second-order valence-electron chi connectivity index (χ2n) is 13.2. The van der Waals surface area contributed by atoms with E-state index in [1.54, 1.807) is 7.11 Å². The van der Waals surface area contributed by atoms with Crippen molar-refractivity contribution in [1.29, 1.82) is 0 Å². The first kappa shape index (κ1) is 26.4. The smallest absolute Gasteiger partial charge is 0.255 e. The predicted molar refractivity (Wildman–Crippen MR) is 160 cm³/mol. The van der Waals surface area contributed by atoms with Gasteiger partial charge in [-0.2, -0.15) is 0 Å². The first-order valence-corrected chi connectivity index (χ1v) is 15.4.